The van der Waals surface area contributed by atoms with E-state index >= 15 is 0 Å². The van der Waals surface area contributed by atoms with E-state index in [4.69, 9.17) is 28.4 Å². The fourth-order valence-electron chi connectivity index (χ4n) is 2.23. The lowest BCUT2D eigenvalue weighted by Gasteiger charge is -2.07. The van der Waals surface area contributed by atoms with Crippen LogP contribution in [0.1, 0.15) is 15.9 Å². The molecule has 0 atom stereocenters. The molecule has 3 rings (SSSR count). The molecule has 0 spiro atoms. The number of aliphatic imine (C=N–C) groups is 1. The second-order valence-electron chi connectivity index (χ2n) is 4.78. The molecule has 0 unspecified atom stereocenters. The maximum Gasteiger partial charge on any atom is 0.274 e. The van der Waals surface area contributed by atoms with Gasteiger partial charge in [0, 0.05) is 17.7 Å². The highest BCUT2D eigenvalue weighted by Gasteiger charge is 2.17. The molecule has 7 heteroatoms. The first-order chi connectivity index (χ1) is 10.6. The quantitative estimate of drug-likeness (QED) is 0.577. The Bertz CT molecular complexity index is 790. The van der Waals surface area contributed by atoms with Gasteiger partial charge in [-0.1, -0.05) is 29.3 Å². The number of carbonyl (C=O) groups is 1. The lowest BCUT2D eigenvalue weighted by Crippen LogP contribution is -2.19. The van der Waals surface area contributed by atoms with Crippen LogP contribution in [-0.2, 0) is 6.42 Å². The summed E-state index contributed by atoms with van der Waals surface area (Å²) >= 11 is 12.0. The van der Waals surface area contributed by atoms with E-state index in [-0.39, 0.29) is 0 Å². The summed E-state index contributed by atoms with van der Waals surface area (Å²) in [5.74, 6) is 0.161. The summed E-state index contributed by atoms with van der Waals surface area (Å²) in [7, 11) is 0. The molecule has 0 aliphatic carbocycles. The Morgan fingerprint density at radius 2 is 1.95 bits per heavy atom. The van der Waals surface area contributed by atoms with Crippen molar-refractivity contribution < 1.29 is 10.0 Å². The fourth-order valence-corrected chi connectivity index (χ4v) is 2.57. The number of carbonyl (C=O) groups excluding carboxylic acids is 1. The van der Waals surface area contributed by atoms with Crippen LogP contribution in [0.25, 0.3) is 0 Å². The molecule has 1 aliphatic rings. The summed E-state index contributed by atoms with van der Waals surface area (Å²) in [6.45, 7) is 0. The van der Waals surface area contributed by atoms with Gasteiger partial charge in [0.1, 0.15) is 5.84 Å². The normalized spacial score (nSPS) is 12.6. The van der Waals surface area contributed by atoms with Gasteiger partial charge < -0.3 is 5.32 Å². The number of halogens is 2. The molecule has 1 amide bonds. The van der Waals surface area contributed by atoms with E-state index in [0.29, 0.717) is 27.7 Å². The molecule has 0 bridgehead atoms. The van der Waals surface area contributed by atoms with E-state index in [1.165, 1.54) is 0 Å². The number of anilines is 1. The smallest absolute Gasteiger partial charge is 0.274 e. The minimum absolute atomic E-state index is 0.342. The Hall–Kier alpha value is -2.08. The number of hydroxylamine groups is 1. The molecule has 3 N–H and O–H groups in total. The zero-order chi connectivity index (χ0) is 15.7. The second-order valence-corrected chi connectivity index (χ2v) is 5.59. The topological polar surface area (TPSA) is 73.7 Å². The number of amidine groups is 1. The van der Waals surface area contributed by atoms with Crippen molar-refractivity contribution in [3.63, 3.8) is 0 Å². The molecule has 2 aromatic rings. The number of hydrogen-bond acceptors (Lipinski definition) is 4. The number of hydrogen-bond donors (Lipinski definition) is 3. The number of nitrogens with zero attached hydrogens (tertiary/aromatic N) is 1. The van der Waals surface area contributed by atoms with Gasteiger partial charge in [-0.05, 0) is 35.9 Å². The summed E-state index contributed by atoms with van der Waals surface area (Å²) < 4.78 is 0. The average molecular weight is 336 g/mol. The van der Waals surface area contributed by atoms with Crippen LogP contribution in [0.5, 0.6) is 0 Å². The molecule has 0 saturated carbocycles. The van der Waals surface area contributed by atoms with Crippen molar-refractivity contribution in [1.29, 1.82) is 0 Å². The van der Waals surface area contributed by atoms with E-state index in [1.54, 1.807) is 41.9 Å². The van der Waals surface area contributed by atoms with Crippen LogP contribution in [0.15, 0.2) is 41.4 Å². The first-order valence-electron chi connectivity index (χ1n) is 6.44. The largest absolute Gasteiger partial charge is 0.343 e. The predicted molar refractivity (Wildman–Crippen MR) is 86.6 cm³/mol. The maximum absolute atomic E-state index is 11.4. The van der Waals surface area contributed by atoms with Gasteiger partial charge in [0.15, 0.2) is 0 Å². The lowest BCUT2D eigenvalue weighted by atomic mass is 10.1. The number of amides is 1. The van der Waals surface area contributed by atoms with Crippen molar-refractivity contribution in [2.24, 2.45) is 4.99 Å². The number of fused-ring (bicyclic) bond motifs is 1. The molecule has 2 aromatic carbocycles. The zero-order valence-electron chi connectivity index (χ0n) is 11.2. The zero-order valence-corrected chi connectivity index (χ0v) is 12.7. The minimum Gasteiger partial charge on any atom is -0.343 e. The van der Waals surface area contributed by atoms with Crippen molar-refractivity contribution in [2.45, 2.75) is 6.42 Å². The molecule has 112 valence electrons. The van der Waals surface area contributed by atoms with Gasteiger partial charge >= 0.3 is 0 Å². The Morgan fingerprint density at radius 1 is 1.18 bits per heavy atom. The molecular formula is C15H11Cl2N3O2. The molecule has 0 aromatic heterocycles. The lowest BCUT2D eigenvalue weighted by molar-refractivity contribution is 0.0706. The van der Waals surface area contributed by atoms with Gasteiger partial charge in [-0.3, -0.25) is 10.0 Å². The van der Waals surface area contributed by atoms with Crippen LogP contribution < -0.4 is 10.8 Å². The minimum atomic E-state index is -0.570. The van der Waals surface area contributed by atoms with Crippen LogP contribution in [-0.4, -0.2) is 17.0 Å². The monoisotopic (exact) mass is 335 g/mol. The Morgan fingerprint density at radius 3 is 2.73 bits per heavy atom. The van der Waals surface area contributed by atoms with Crippen LogP contribution >= 0.6 is 23.2 Å². The van der Waals surface area contributed by atoms with Crippen molar-refractivity contribution >= 4 is 46.3 Å². The van der Waals surface area contributed by atoms with E-state index in [9.17, 15) is 4.79 Å². The summed E-state index contributed by atoms with van der Waals surface area (Å²) in [5, 5.41) is 12.8. The molecule has 1 heterocycles. The van der Waals surface area contributed by atoms with Crippen LogP contribution in [0.4, 0.5) is 11.4 Å². The van der Waals surface area contributed by atoms with E-state index in [0.717, 1.165) is 17.1 Å². The molecule has 5 nitrogen and oxygen atoms in total. The second kappa shape index (κ2) is 5.96. The molecule has 22 heavy (non-hydrogen) atoms. The Labute approximate surface area is 136 Å². The highest BCUT2D eigenvalue weighted by Crippen LogP contribution is 2.34. The van der Waals surface area contributed by atoms with Gasteiger partial charge in [0.25, 0.3) is 5.91 Å². The van der Waals surface area contributed by atoms with Gasteiger partial charge in [-0.2, -0.15) is 0 Å². The molecule has 0 fully saturated rings. The van der Waals surface area contributed by atoms with Gasteiger partial charge in [0.05, 0.1) is 15.7 Å². The summed E-state index contributed by atoms with van der Waals surface area (Å²) in [4.78, 5) is 15.9. The van der Waals surface area contributed by atoms with Crippen LogP contribution in [0.2, 0.25) is 10.0 Å². The Balaban J connectivity index is 1.81. The highest BCUT2D eigenvalue weighted by molar-refractivity contribution is 6.42. The van der Waals surface area contributed by atoms with E-state index in [2.05, 4.69) is 10.3 Å². The number of nitrogens with one attached hydrogen (secondary N) is 2. The molecular weight excluding hydrogens is 325 g/mol. The fraction of sp³-hybridized carbons (Fsp3) is 0.0667. The standard InChI is InChI=1S/C15H11Cl2N3O2/c16-11-5-9-6-14(19-13(9)7-12(11)17)18-10-3-1-2-8(4-10)15(21)20-22/h1-5,7,22H,6H2,(H,18,19)(H,20,21). The van der Waals surface area contributed by atoms with E-state index < -0.39 is 5.91 Å². The van der Waals surface area contributed by atoms with Gasteiger partial charge in [-0.25, -0.2) is 10.5 Å². The molecule has 0 saturated heterocycles. The highest BCUT2D eigenvalue weighted by atomic mass is 35.5. The van der Waals surface area contributed by atoms with E-state index in [1.807, 2.05) is 0 Å². The summed E-state index contributed by atoms with van der Waals surface area (Å²) in [6, 6.07) is 10.3. The van der Waals surface area contributed by atoms with Crippen LogP contribution in [0.3, 0.4) is 0 Å². The van der Waals surface area contributed by atoms with Crippen molar-refractivity contribution in [1.82, 2.24) is 5.48 Å². The number of rotatable bonds is 2. The Kier molecular flexibility index (Phi) is 4.02. The molecule has 0 radical (unpaired) electrons. The number of benzene rings is 2. The average Bonchev–Trinajstić information content (AvgIpc) is 2.88. The summed E-state index contributed by atoms with van der Waals surface area (Å²) in [5.41, 5.74) is 4.41. The summed E-state index contributed by atoms with van der Waals surface area (Å²) in [6.07, 6.45) is 0.600. The third-order valence-corrected chi connectivity index (χ3v) is 3.97. The third kappa shape index (κ3) is 2.92. The first-order valence-corrected chi connectivity index (χ1v) is 7.19. The predicted octanol–water partition coefficient (Wildman–Crippen LogP) is 3.81. The molecule has 1 aliphatic heterocycles. The van der Waals surface area contributed by atoms with Crippen LogP contribution in [0, 0.1) is 0 Å². The van der Waals surface area contributed by atoms with Crippen molar-refractivity contribution in [3.8, 4) is 0 Å². The van der Waals surface area contributed by atoms with Gasteiger partial charge in [-0.15, -0.1) is 0 Å². The van der Waals surface area contributed by atoms with Crippen molar-refractivity contribution in [2.75, 3.05) is 5.32 Å². The third-order valence-electron chi connectivity index (χ3n) is 3.25. The van der Waals surface area contributed by atoms with Gasteiger partial charge in [0.2, 0.25) is 0 Å². The van der Waals surface area contributed by atoms with Crippen molar-refractivity contribution in [3.05, 3.63) is 57.6 Å². The maximum atomic E-state index is 11.4. The first kappa shape index (κ1) is 14.8. The SMILES string of the molecule is O=C(NO)c1cccc(NC2=Nc3cc(Cl)c(Cl)cc3C2)c1.